The van der Waals surface area contributed by atoms with Crippen molar-refractivity contribution in [2.75, 3.05) is 19.8 Å². The number of hydrogen-bond acceptors (Lipinski definition) is 3. The van der Waals surface area contributed by atoms with Crippen LogP contribution in [0, 0.1) is 19.8 Å². The molecule has 3 rings (SSSR count). The van der Waals surface area contributed by atoms with E-state index in [4.69, 9.17) is 4.74 Å². The molecule has 0 saturated carbocycles. The van der Waals surface area contributed by atoms with Crippen LogP contribution in [0.1, 0.15) is 28.9 Å². The molecule has 0 aliphatic carbocycles. The molecule has 1 aliphatic heterocycles. The van der Waals surface area contributed by atoms with Gasteiger partial charge in [-0.15, -0.1) is 0 Å². The van der Waals surface area contributed by atoms with Crippen LogP contribution in [0.4, 0.5) is 13.2 Å². The SMILES string of the molecule is Cc1nn(-c2cccc(C(F)(F)F)c2)c(C)c1CC(=O)NCC1CCOC1. The van der Waals surface area contributed by atoms with Crippen LogP contribution in [0.2, 0.25) is 0 Å². The van der Waals surface area contributed by atoms with E-state index in [9.17, 15) is 18.0 Å². The Hall–Kier alpha value is -2.35. The third-order valence-electron chi connectivity index (χ3n) is 4.81. The van der Waals surface area contributed by atoms with Gasteiger partial charge in [0.25, 0.3) is 0 Å². The second-order valence-electron chi connectivity index (χ2n) is 6.82. The molecule has 1 N–H and O–H groups in total. The number of nitrogens with one attached hydrogen (secondary N) is 1. The second kappa shape index (κ2) is 7.72. The summed E-state index contributed by atoms with van der Waals surface area (Å²) in [7, 11) is 0. The molecule has 146 valence electrons. The molecule has 0 spiro atoms. The lowest BCUT2D eigenvalue weighted by Gasteiger charge is -2.11. The number of benzene rings is 1. The van der Waals surface area contributed by atoms with Crippen molar-refractivity contribution < 1.29 is 22.7 Å². The maximum Gasteiger partial charge on any atom is 0.416 e. The molecule has 1 aliphatic rings. The summed E-state index contributed by atoms with van der Waals surface area (Å²) in [6, 6.07) is 5.00. The summed E-state index contributed by atoms with van der Waals surface area (Å²) in [5.41, 5.74) is 1.61. The van der Waals surface area contributed by atoms with Crippen LogP contribution in [-0.4, -0.2) is 35.4 Å². The van der Waals surface area contributed by atoms with E-state index in [1.165, 1.54) is 10.7 Å². The number of halogens is 3. The summed E-state index contributed by atoms with van der Waals surface area (Å²) in [5, 5.41) is 7.24. The highest BCUT2D eigenvalue weighted by Gasteiger charge is 2.30. The first-order chi connectivity index (χ1) is 12.8. The van der Waals surface area contributed by atoms with Crippen LogP contribution >= 0.6 is 0 Å². The van der Waals surface area contributed by atoms with Gasteiger partial charge in [0.1, 0.15) is 0 Å². The molecule has 0 bridgehead atoms. The second-order valence-corrected chi connectivity index (χ2v) is 6.82. The topological polar surface area (TPSA) is 56.2 Å². The molecule has 5 nitrogen and oxygen atoms in total. The maximum absolute atomic E-state index is 13.0. The molecule has 2 aromatic rings. The molecule has 1 aromatic heterocycles. The Balaban J connectivity index is 1.75. The van der Waals surface area contributed by atoms with Gasteiger partial charge in [-0.3, -0.25) is 4.79 Å². The van der Waals surface area contributed by atoms with Crippen molar-refractivity contribution in [3.63, 3.8) is 0 Å². The number of hydrogen-bond donors (Lipinski definition) is 1. The van der Waals surface area contributed by atoms with E-state index in [-0.39, 0.29) is 12.3 Å². The Labute approximate surface area is 155 Å². The molecule has 2 heterocycles. The average Bonchev–Trinajstić information content (AvgIpc) is 3.23. The maximum atomic E-state index is 13.0. The minimum atomic E-state index is -4.42. The summed E-state index contributed by atoms with van der Waals surface area (Å²) >= 11 is 0. The number of carbonyl (C=O) groups is 1. The zero-order valence-electron chi connectivity index (χ0n) is 15.3. The largest absolute Gasteiger partial charge is 0.416 e. The number of rotatable bonds is 5. The fourth-order valence-corrected chi connectivity index (χ4v) is 3.22. The van der Waals surface area contributed by atoms with Gasteiger partial charge >= 0.3 is 6.18 Å². The molecule has 1 aromatic carbocycles. The molecule has 27 heavy (non-hydrogen) atoms. The van der Waals surface area contributed by atoms with Crippen molar-refractivity contribution in [2.45, 2.75) is 32.9 Å². The van der Waals surface area contributed by atoms with Gasteiger partial charge in [0.15, 0.2) is 0 Å². The summed E-state index contributed by atoms with van der Waals surface area (Å²) in [6.45, 7) is 5.46. The molecule has 1 saturated heterocycles. The van der Waals surface area contributed by atoms with Crippen LogP contribution in [0.3, 0.4) is 0 Å². The van der Waals surface area contributed by atoms with E-state index in [0.29, 0.717) is 36.1 Å². The van der Waals surface area contributed by atoms with Gasteiger partial charge in [-0.25, -0.2) is 4.68 Å². The van der Waals surface area contributed by atoms with E-state index in [1.54, 1.807) is 19.9 Å². The highest BCUT2D eigenvalue weighted by Crippen LogP contribution is 2.30. The van der Waals surface area contributed by atoms with Gasteiger partial charge in [-0.05, 0) is 38.5 Å². The molecular weight excluding hydrogens is 359 g/mol. The summed E-state index contributed by atoms with van der Waals surface area (Å²) in [6.07, 6.45) is -3.34. The number of aryl methyl sites for hydroxylation is 1. The lowest BCUT2D eigenvalue weighted by atomic mass is 10.1. The molecule has 1 atom stereocenters. The van der Waals surface area contributed by atoms with Gasteiger partial charge in [-0.1, -0.05) is 6.07 Å². The summed E-state index contributed by atoms with van der Waals surface area (Å²) < 4.78 is 45.6. The Kier molecular flexibility index (Phi) is 5.55. The third-order valence-corrected chi connectivity index (χ3v) is 4.81. The van der Waals surface area contributed by atoms with E-state index in [1.807, 2.05) is 0 Å². The van der Waals surface area contributed by atoms with Crippen LogP contribution in [0.15, 0.2) is 24.3 Å². The van der Waals surface area contributed by atoms with Crippen LogP contribution in [0.25, 0.3) is 5.69 Å². The van der Waals surface area contributed by atoms with E-state index < -0.39 is 11.7 Å². The van der Waals surface area contributed by atoms with Gasteiger partial charge < -0.3 is 10.1 Å². The Bertz CT molecular complexity index is 824. The lowest BCUT2D eigenvalue weighted by Crippen LogP contribution is -2.30. The Morgan fingerprint density at radius 1 is 1.37 bits per heavy atom. The molecule has 1 amide bonds. The first kappa shape index (κ1) is 19.4. The standard InChI is InChI=1S/C19H22F3N3O2/c1-12-17(9-18(26)23-10-14-6-7-27-11-14)13(2)25(24-12)16-5-3-4-15(8-16)19(20,21)22/h3-5,8,14H,6-7,9-11H2,1-2H3,(H,23,26). The van der Waals surface area contributed by atoms with E-state index in [2.05, 4.69) is 10.4 Å². The summed E-state index contributed by atoms with van der Waals surface area (Å²) in [4.78, 5) is 12.3. The molecule has 1 unspecified atom stereocenters. The van der Waals surface area contributed by atoms with E-state index in [0.717, 1.165) is 30.7 Å². The number of alkyl halides is 3. The van der Waals surface area contributed by atoms with Crippen LogP contribution in [0.5, 0.6) is 0 Å². The highest BCUT2D eigenvalue weighted by atomic mass is 19.4. The predicted octanol–water partition coefficient (Wildman–Crippen LogP) is 3.20. The Morgan fingerprint density at radius 3 is 2.81 bits per heavy atom. The quantitative estimate of drug-likeness (QED) is 0.865. The number of ether oxygens (including phenoxy) is 1. The summed E-state index contributed by atoms with van der Waals surface area (Å²) in [5.74, 6) is 0.209. The zero-order valence-corrected chi connectivity index (χ0v) is 15.3. The minimum Gasteiger partial charge on any atom is -0.381 e. The number of nitrogens with zero attached hydrogens (tertiary/aromatic N) is 2. The predicted molar refractivity (Wildman–Crippen MR) is 93.7 cm³/mol. The van der Waals surface area contributed by atoms with Gasteiger partial charge in [0, 0.05) is 30.3 Å². The zero-order chi connectivity index (χ0) is 19.6. The first-order valence-corrected chi connectivity index (χ1v) is 8.83. The minimum absolute atomic E-state index is 0.128. The van der Waals surface area contributed by atoms with Crippen molar-refractivity contribution in [1.82, 2.24) is 15.1 Å². The van der Waals surface area contributed by atoms with Crippen molar-refractivity contribution >= 4 is 5.91 Å². The normalized spacial score (nSPS) is 17.3. The highest BCUT2D eigenvalue weighted by molar-refractivity contribution is 5.79. The molecule has 8 heteroatoms. The smallest absolute Gasteiger partial charge is 0.381 e. The molecular formula is C19H22F3N3O2. The van der Waals surface area contributed by atoms with Crippen molar-refractivity contribution in [2.24, 2.45) is 5.92 Å². The first-order valence-electron chi connectivity index (χ1n) is 8.83. The number of amides is 1. The van der Waals surface area contributed by atoms with Crippen molar-refractivity contribution in [3.8, 4) is 5.69 Å². The average molecular weight is 381 g/mol. The van der Waals surface area contributed by atoms with Crippen molar-refractivity contribution in [3.05, 3.63) is 46.8 Å². The molecule has 0 radical (unpaired) electrons. The van der Waals surface area contributed by atoms with Gasteiger partial charge in [0.05, 0.1) is 30.0 Å². The lowest BCUT2D eigenvalue weighted by molar-refractivity contribution is -0.137. The van der Waals surface area contributed by atoms with E-state index >= 15 is 0 Å². The van der Waals surface area contributed by atoms with Gasteiger partial charge in [0.2, 0.25) is 5.91 Å². The number of carbonyl (C=O) groups excluding carboxylic acids is 1. The number of aromatic nitrogens is 2. The van der Waals surface area contributed by atoms with Crippen LogP contribution in [-0.2, 0) is 22.1 Å². The van der Waals surface area contributed by atoms with Gasteiger partial charge in [-0.2, -0.15) is 18.3 Å². The van der Waals surface area contributed by atoms with Crippen molar-refractivity contribution in [1.29, 1.82) is 0 Å². The molecule has 1 fully saturated rings. The fourth-order valence-electron chi connectivity index (χ4n) is 3.22. The third kappa shape index (κ3) is 4.50. The monoisotopic (exact) mass is 381 g/mol. The Morgan fingerprint density at radius 2 is 2.15 bits per heavy atom. The van der Waals surface area contributed by atoms with Crippen LogP contribution < -0.4 is 5.32 Å². The fraction of sp³-hybridized carbons (Fsp3) is 0.474.